The molecular weight excluding hydrogens is 653 g/mol. The molecule has 2 heterocycles. The van der Waals surface area contributed by atoms with Crippen LogP contribution in [0.1, 0.15) is 37.7 Å². The Balaban J connectivity index is 1.36. The quantitative estimate of drug-likeness (QED) is 0.169. The van der Waals surface area contributed by atoms with Crippen LogP contribution in [0.2, 0.25) is 0 Å². The number of hydrogen-bond donors (Lipinski definition) is 0. The van der Waals surface area contributed by atoms with E-state index in [9.17, 15) is 0 Å². The van der Waals surface area contributed by atoms with Gasteiger partial charge in [0, 0.05) is 57.7 Å². The molecule has 8 aromatic rings. The van der Waals surface area contributed by atoms with Crippen LogP contribution in [0.4, 0.5) is 17.1 Å². The van der Waals surface area contributed by atoms with E-state index in [1.165, 1.54) is 107 Å². The summed E-state index contributed by atoms with van der Waals surface area (Å²) in [6.07, 6.45) is 11.7. The van der Waals surface area contributed by atoms with Gasteiger partial charge in [0.05, 0.1) is 0 Å². The molecule has 0 N–H and O–H groups in total. The van der Waals surface area contributed by atoms with Crippen LogP contribution >= 0.6 is 0 Å². The molecule has 0 saturated carbocycles. The van der Waals surface area contributed by atoms with Gasteiger partial charge in [-0.05, 0) is 117 Å². The molecule has 0 radical (unpaired) electrons. The molecule has 0 saturated heterocycles. The van der Waals surface area contributed by atoms with Gasteiger partial charge in [0.15, 0.2) is 0 Å². The topological polar surface area (TPSA) is 6.48 Å². The van der Waals surface area contributed by atoms with Gasteiger partial charge >= 0.3 is 0 Å². The van der Waals surface area contributed by atoms with E-state index in [1.807, 2.05) is 0 Å². The molecule has 0 bridgehead atoms. The Morgan fingerprint density at radius 3 is 1.63 bits per heavy atom. The number of para-hydroxylation sites is 1. The summed E-state index contributed by atoms with van der Waals surface area (Å²) in [5.41, 5.74) is 13.6. The van der Waals surface area contributed by atoms with E-state index in [1.54, 1.807) is 5.57 Å². The number of allylic oxidation sites excluding steroid dienone is 3. The predicted octanol–water partition coefficient (Wildman–Crippen LogP) is 13.9. The fraction of sp³-hybridized carbons (Fsp3) is 0.154. The Morgan fingerprint density at radius 2 is 0.926 bits per heavy atom. The van der Waals surface area contributed by atoms with Crippen LogP contribution < -0.4 is 9.80 Å². The third-order valence-electron chi connectivity index (χ3n) is 12.3. The molecule has 260 valence electrons. The molecule has 0 atom stereocenters. The van der Waals surface area contributed by atoms with Crippen LogP contribution in [0.5, 0.6) is 0 Å². The van der Waals surface area contributed by atoms with Crippen LogP contribution in [0.15, 0.2) is 169 Å². The maximum absolute atomic E-state index is 2.66. The molecule has 11 rings (SSSR count). The SMILES string of the molecule is C1=CC2=C(CC1)CCCN2c1cccc2c(-c3cccc4ccccc34)c3c(N4CCCc5ccccc54)cccc3c(-c3cccc4ccccc34)c12. The fourth-order valence-corrected chi connectivity index (χ4v) is 10.0. The second kappa shape index (κ2) is 12.8. The lowest BCUT2D eigenvalue weighted by Gasteiger charge is -2.36. The van der Waals surface area contributed by atoms with Gasteiger partial charge in [0.25, 0.3) is 0 Å². The Hall–Kier alpha value is -6.12. The van der Waals surface area contributed by atoms with Gasteiger partial charge in [-0.2, -0.15) is 0 Å². The van der Waals surface area contributed by atoms with E-state index in [4.69, 9.17) is 0 Å². The smallest absolute Gasteiger partial charge is 0.0497 e. The molecule has 0 fully saturated rings. The summed E-state index contributed by atoms with van der Waals surface area (Å²) in [6.45, 7) is 2.01. The van der Waals surface area contributed by atoms with Crippen molar-refractivity contribution < 1.29 is 0 Å². The average molecular weight is 695 g/mol. The monoisotopic (exact) mass is 694 g/mol. The van der Waals surface area contributed by atoms with Gasteiger partial charge in [-0.25, -0.2) is 0 Å². The molecular formula is C52H42N2. The van der Waals surface area contributed by atoms with E-state index in [-0.39, 0.29) is 0 Å². The molecule has 54 heavy (non-hydrogen) atoms. The van der Waals surface area contributed by atoms with Crippen molar-refractivity contribution in [2.75, 3.05) is 22.9 Å². The van der Waals surface area contributed by atoms with Crippen LogP contribution in [0.25, 0.3) is 65.3 Å². The summed E-state index contributed by atoms with van der Waals surface area (Å²) in [7, 11) is 0. The fourth-order valence-electron chi connectivity index (χ4n) is 10.0. The number of aryl methyl sites for hydroxylation is 1. The van der Waals surface area contributed by atoms with Gasteiger partial charge < -0.3 is 9.80 Å². The van der Waals surface area contributed by atoms with Gasteiger partial charge in [-0.3, -0.25) is 0 Å². The minimum absolute atomic E-state index is 0.990. The van der Waals surface area contributed by atoms with Crippen LogP contribution in [-0.4, -0.2) is 13.1 Å². The highest BCUT2D eigenvalue weighted by Crippen LogP contribution is 2.53. The second-order valence-corrected chi connectivity index (χ2v) is 15.3. The molecule has 2 nitrogen and oxygen atoms in total. The van der Waals surface area contributed by atoms with Crippen LogP contribution in [-0.2, 0) is 6.42 Å². The number of nitrogens with zero attached hydrogens (tertiary/aromatic N) is 2. The molecule has 3 aliphatic rings. The summed E-state index contributed by atoms with van der Waals surface area (Å²) in [6, 6.07) is 55.0. The summed E-state index contributed by atoms with van der Waals surface area (Å²) >= 11 is 0. The standard InChI is InChI=1S/C52H42N2/c1-5-23-39-35(15-1)19-9-25-41(39)49-43-27-11-32-48(54-34-14-22-38-18-4-8-30-46(38)54)52(43)50(42-26-10-20-36-16-2-6-24-40(36)42)44-28-12-31-47(51(44)49)53-33-13-21-37-17-3-7-29-45(37)53/h1-3,5-12,15-17,19-20,23-32H,4,13-14,18,21-22,33-34H2. The number of fused-ring (bicyclic) bond motifs is 5. The molecule has 1 aliphatic carbocycles. The minimum Gasteiger partial charge on any atom is -0.341 e. The first kappa shape index (κ1) is 31.4. The van der Waals surface area contributed by atoms with Gasteiger partial charge in [-0.15, -0.1) is 0 Å². The number of rotatable bonds is 4. The molecule has 0 amide bonds. The maximum Gasteiger partial charge on any atom is 0.0497 e. The largest absolute Gasteiger partial charge is 0.341 e. The molecule has 2 heteroatoms. The van der Waals surface area contributed by atoms with Gasteiger partial charge in [-0.1, -0.05) is 133 Å². The Bertz CT molecular complexity index is 2850. The van der Waals surface area contributed by atoms with Crippen molar-refractivity contribution in [3.8, 4) is 22.3 Å². The van der Waals surface area contributed by atoms with Crippen molar-refractivity contribution in [1.29, 1.82) is 0 Å². The summed E-state index contributed by atoms with van der Waals surface area (Å²) in [5.74, 6) is 0. The average Bonchev–Trinajstić information content (AvgIpc) is 3.24. The maximum atomic E-state index is 2.66. The summed E-state index contributed by atoms with van der Waals surface area (Å²) in [4.78, 5) is 5.28. The summed E-state index contributed by atoms with van der Waals surface area (Å²) in [5, 5.41) is 10.4. The zero-order chi connectivity index (χ0) is 35.6. The predicted molar refractivity (Wildman–Crippen MR) is 231 cm³/mol. The first-order chi connectivity index (χ1) is 26.8. The first-order valence-corrected chi connectivity index (χ1v) is 19.8. The molecule has 8 aromatic carbocycles. The second-order valence-electron chi connectivity index (χ2n) is 15.3. The number of benzene rings is 8. The lowest BCUT2D eigenvalue weighted by atomic mass is 9.81. The lowest BCUT2D eigenvalue weighted by molar-refractivity contribution is 0.691. The van der Waals surface area contributed by atoms with E-state index in [2.05, 4.69) is 168 Å². The number of hydrogen-bond acceptors (Lipinski definition) is 2. The highest BCUT2D eigenvalue weighted by molar-refractivity contribution is 6.30. The van der Waals surface area contributed by atoms with Crippen molar-refractivity contribution in [3.63, 3.8) is 0 Å². The minimum atomic E-state index is 0.990. The lowest BCUT2D eigenvalue weighted by Crippen LogP contribution is -2.29. The zero-order valence-corrected chi connectivity index (χ0v) is 30.6. The molecule has 0 aromatic heterocycles. The number of anilines is 3. The van der Waals surface area contributed by atoms with E-state index >= 15 is 0 Å². The summed E-state index contributed by atoms with van der Waals surface area (Å²) < 4.78 is 0. The van der Waals surface area contributed by atoms with Crippen molar-refractivity contribution in [2.45, 2.75) is 38.5 Å². The Kier molecular flexibility index (Phi) is 7.43. The third kappa shape index (κ3) is 4.86. The zero-order valence-electron chi connectivity index (χ0n) is 30.6. The molecule has 0 unspecified atom stereocenters. The molecule has 0 spiro atoms. The van der Waals surface area contributed by atoms with Crippen molar-refractivity contribution >= 4 is 60.2 Å². The van der Waals surface area contributed by atoms with Crippen LogP contribution in [0.3, 0.4) is 0 Å². The van der Waals surface area contributed by atoms with Crippen molar-refractivity contribution in [2.24, 2.45) is 0 Å². The Labute approximate surface area is 317 Å². The highest BCUT2D eigenvalue weighted by Gasteiger charge is 2.29. The highest BCUT2D eigenvalue weighted by atomic mass is 15.2. The Morgan fingerprint density at radius 1 is 0.407 bits per heavy atom. The normalized spacial score (nSPS) is 15.7. The van der Waals surface area contributed by atoms with E-state index < -0.39 is 0 Å². The first-order valence-electron chi connectivity index (χ1n) is 19.8. The van der Waals surface area contributed by atoms with Crippen molar-refractivity contribution in [1.82, 2.24) is 0 Å². The van der Waals surface area contributed by atoms with Gasteiger partial charge in [0.1, 0.15) is 0 Å². The third-order valence-corrected chi connectivity index (χ3v) is 12.3. The van der Waals surface area contributed by atoms with E-state index in [0.717, 1.165) is 38.8 Å². The van der Waals surface area contributed by atoms with Gasteiger partial charge in [0.2, 0.25) is 0 Å². The van der Waals surface area contributed by atoms with Crippen LogP contribution in [0, 0.1) is 0 Å². The molecule has 2 aliphatic heterocycles. The van der Waals surface area contributed by atoms with E-state index in [0.29, 0.717) is 0 Å². The van der Waals surface area contributed by atoms with Crippen molar-refractivity contribution in [3.05, 3.63) is 175 Å².